The molecule has 0 aliphatic carbocycles. The van der Waals surface area contributed by atoms with Crippen molar-refractivity contribution in [1.29, 1.82) is 0 Å². The summed E-state index contributed by atoms with van der Waals surface area (Å²) in [5.41, 5.74) is -4.42. The molecule has 0 bridgehead atoms. The normalized spacial score (nSPS) is 32.5. The van der Waals surface area contributed by atoms with Crippen LogP contribution in [0.4, 0.5) is 13.6 Å². The molecule has 9 heteroatoms. The number of amides is 1. The first-order chi connectivity index (χ1) is 9.43. The third-order valence-electron chi connectivity index (χ3n) is 2.94. The Morgan fingerprint density at radius 1 is 1.48 bits per heavy atom. The van der Waals surface area contributed by atoms with E-state index in [4.69, 9.17) is 9.26 Å². The van der Waals surface area contributed by atoms with Gasteiger partial charge in [-0.05, 0) is 27.7 Å². The highest BCUT2D eigenvalue weighted by molar-refractivity contribution is 7.55. The van der Waals surface area contributed by atoms with Crippen LogP contribution in [0.2, 0.25) is 0 Å². The number of hydrogen-bond acceptors (Lipinski definition) is 5. The Morgan fingerprint density at radius 3 is 2.52 bits per heavy atom. The van der Waals surface area contributed by atoms with Gasteiger partial charge in [-0.3, -0.25) is 4.57 Å². The van der Waals surface area contributed by atoms with Crippen molar-refractivity contribution >= 4 is 13.7 Å². The number of nitrogens with one attached hydrogen (secondary N) is 1. The Labute approximate surface area is 123 Å². The van der Waals surface area contributed by atoms with Gasteiger partial charge < -0.3 is 19.1 Å². The van der Waals surface area contributed by atoms with E-state index < -0.39 is 36.9 Å². The maximum absolute atomic E-state index is 14.2. The predicted molar refractivity (Wildman–Crippen MR) is 72.5 cm³/mol. The van der Waals surface area contributed by atoms with Crippen LogP contribution in [0.25, 0.3) is 0 Å². The third-order valence-corrected chi connectivity index (χ3v) is 5.17. The number of carbonyl (C=O) groups is 1. The highest BCUT2D eigenvalue weighted by Crippen LogP contribution is 2.67. The fourth-order valence-electron chi connectivity index (χ4n) is 1.82. The molecule has 6 nitrogen and oxygen atoms in total. The molecule has 0 unspecified atom stereocenters. The molecule has 0 spiro atoms. The molecule has 1 amide bonds. The van der Waals surface area contributed by atoms with Crippen LogP contribution in [0.5, 0.6) is 0 Å². The number of ether oxygens (including phenoxy) is 1. The summed E-state index contributed by atoms with van der Waals surface area (Å²) in [6, 6.07) is -1.02. The maximum atomic E-state index is 14.2. The second kappa shape index (κ2) is 6.18. The van der Waals surface area contributed by atoms with Crippen LogP contribution in [0.3, 0.4) is 0 Å². The SMILES string of the molecule is CCO[P@@]1(=O)OC[C@@H](NC(=O)OC(C)(C)C)[C@H](C)C1(F)F. The number of carbonyl (C=O) groups excluding carboxylic acids is 1. The first-order valence-corrected chi connectivity index (χ1v) is 8.24. The molecule has 21 heavy (non-hydrogen) atoms. The molecule has 1 aliphatic rings. The predicted octanol–water partition coefficient (Wildman–Crippen LogP) is 3.37. The van der Waals surface area contributed by atoms with Crippen LogP contribution in [0, 0.1) is 5.92 Å². The van der Waals surface area contributed by atoms with Crippen LogP contribution in [0.1, 0.15) is 34.6 Å². The Hall–Kier alpha value is -0.720. The summed E-state index contributed by atoms with van der Waals surface area (Å²) in [5.74, 6) is -1.41. The van der Waals surface area contributed by atoms with Gasteiger partial charge in [0.2, 0.25) is 0 Å². The van der Waals surface area contributed by atoms with Gasteiger partial charge >= 0.3 is 19.4 Å². The molecule has 0 aromatic carbocycles. The van der Waals surface area contributed by atoms with Crippen molar-refractivity contribution in [1.82, 2.24) is 5.32 Å². The fraction of sp³-hybridized carbons (Fsp3) is 0.917. The van der Waals surface area contributed by atoms with Crippen LogP contribution < -0.4 is 5.32 Å². The van der Waals surface area contributed by atoms with Crippen molar-refractivity contribution in [3.63, 3.8) is 0 Å². The lowest BCUT2D eigenvalue weighted by molar-refractivity contribution is -0.0533. The van der Waals surface area contributed by atoms with Crippen molar-refractivity contribution in [2.45, 2.75) is 51.9 Å². The summed E-state index contributed by atoms with van der Waals surface area (Å²) in [6.45, 7) is 7.14. The van der Waals surface area contributed by atoms with Crippen molar-refractivity contribution in [3.8, 4) is 0 Å². The second-order valence-corrected chi connectivity index (χ2v) is 7.95. The lowest BCUT2D eigenvalue weighted by Crippen LogP contribution is -2.53. The molecule has 3 atom stereocenters. The summed E-state index contributed by atoms with van der Waals surface area (Å²) in [5, 5.41) is 2.32. The molecular formula is C12H22F2NO5P. The van der Waals surface area contributed by atoms with Crippen molar-refractivity contribution in [3.05, 3.63) is 0 Å². The first-order valence-electron chi connectivity index (χ1n) is 6.69. The van der Waals surface area contributed by atoms with Gasteiger partial charge in [-0.2, -0.15) is 8.78 Å². The number of halogens is 2. The number of alkyl carbamates (subject to hydrolysis) is 1. The molecule has 124 valence electrons. The van der Waals surface area contributed by atoms with E-state index in [0.29, 0.717) is 0 Å². The van der Waals surface area contributed by atoms with Crippen molar-refractivity contribution in [2.24, 2.45) is 5.92 Å². The summed E-state index contributed by atoms with van der Waals surface area (Å²) >= 11 is 0. The van der Waals surface area contributed by atoms with E-state index in [0.717, 1.165) is 0 Å². The summed E-state index contributed by atoms with van der Waals surface area (Å²) in [4.78, 5) is 11.6. The maximum Gasteiger partial charge on any atom is 0.407 e. The molecule has 1 aliphatic heterocycles. The van der Waals surface area contributed by atoms with Crippen LogP contribution >= 0.6 is 7.60 Å². The van der Waals surface area contributed by atoms with Gasteiger partial charge in [-0.15, -0.1) is 0 Å². The molecule has 1 saturated heterocycles. The molecule has 0 aromatic rings. The zero-order valence-corrected chi connectivity index (χ0v) is 13.7. The molecule has 1 N–H and O–H groups in total. The molecule has 0 saturated carbocycles. The van der Waals surface area contributed by atoms with Gasteiger partial charge in [0.15, 0.2) is 0 Å². The molecule has 0 radical (unpaired) electrons. The van der Waals surface area contributed by atoms with E-state index in [1.54, 1.807) is 20.8 Å². The average Bonchev–Trinajstić information content (AvgIpc) is 2.29. The lowest BCUT2D eigenvalue weighted by atomic mass is 10.0. The van der Waals surface area contributed by atoms with Gasteiger partial charge in [0, 0.05) is 0 Å². The Morgan fingerprint density at radius 2 is 2.05 bits per heavy atom. The molecule has 0 aromatic heterocycles. The van der Waals surface area contributed by atoms with E-state index >= 15 is 0 Å². The van der Waals surface area contributed by atoms with E-state index in [2.05, 4.69) is 9.84 Å². The number of hydrogen-bond donors (Lipinski definition) is 1. The summed E-state index contributed by atoms with van der Waals surface area (Å²) < 4.78 is 54.7. The molecular weight excluding hydrogens is 307 g/mol. The number of rotatable bonds is 3. The summed E-state index contributed by atoms with van der Waals surface area (Å²) in [7, 11) is -4.52. The molecule has 1 fully saturated rings. The van der Waals surface area contributed by atoms with Crippen molar-refractivity contribution < 1.29 is 31.9 Å². The highest BCUT2D eigenvalue weighted by Gasteiger charge is 2.62. The Balaban J connectivity index is 2.78. The third kappa shape index (κ3) is 4.14. The minimum absolute atomic E-state index is 0.149. The van der Waals surface area contributed by atoms with Gasteiger partial charge in [-0.1, -0.05) is 6.92 Å². The van der Waals surface area contributed by atoms with E-state index in [1.165, 1.54) is 13.8 Å². The Kier molecular flexibility index (Phi) is 5.40. The monoisotopic (exact) mass is 329 g/mol. The van der Waals surface area contributed by atoms with Gasteiger partial charge in [0.25, 0.3) is 0 Å². The van der Waals surface area contributed by atoms with Crippen LogP contribution in [0.15, 0.2) is 0 Å². The average molecular weight is 329 g/mol. The van der Waals surface area contributed by atoms with E-state index in [9.17, 15) is 18.1 Å². The van der Waals surface area contributed by atoms with Crippen LogP contribution in [-0.2, 0) is 18.3 Å². The highest BCUT2D eigenvalue weighted by atomic mass is 31.2. The van der Waals surface area contributed by atoms with Gasteiger partial charge in [-0.25, -0.2) is 4.79 Å². The van der Waals surface area contributed by atoms with Gasteiger partial charge in [0.1, 0.15) is 5.60 Å². The lowest BCUT2D eigenvalue weighted by Gasteiger charge is -2.39. The minimum atomic E-state index is -4.52. The first kappa shape index (κ1) is 18.3. The molecule has 1 heterocycles. The second-order valence-electron chi connectivity index (χ2n) is 5.84. The van der Waals surface area contributed by atoms with E-state index in [1.807, 2.05) is 0 Å². The summed E-state index contributed by atoms with van der Waals surface area (Å²) in [6.07, 6.45) is -0.827. The smallest absolute Gasteiger partial charge is 0.407 e. The van der Waals surface area contributed by atoms with E-state index in [-0.39, 0.29) is 13.2 Å². The number of alkyl halides is 2. The minimum Gasteiger partial charge on any atom is -0.444 e. The topological polar surface area (TPSA) is 73.9 Å². The fourth-order valence-corrected chi connectivity index (χ4v) is 3.61. The van der Waals surface area contributed by atoms with Crippen molar-refractivity contribution in [2.75, 3.05) is 13.2 Å². The standard InChI is InChI=1S/C12H22F2NO5P/c1-6-18-21(17)12(13,14)8(2)9(7-19-21)15-10(16)20-11(3,4)5/h8-9H,6-7H2,1-5H3,(H,15,16)/t8-,9+,21+/m0/s1. The quantitative estimate of drug-likeness (QED) is 0.804. The zero-order valence-electron chi connectivity index (χ0n) is 12.8. The van der Waals surface area contributed by atoms with Gasteiger partial charge in [0.05, 0.1) is 25.2 Å². The molecule has 1 rings (SSSR count). The zero-order chi connectivity index (χ0) is 16.5. The van der Waals surface area contributed by atoms with Crippen LogP contribution in [-0.4, -0.2) is 36.6 Å². The Bertz CT molecular complexity index is 438. The largest absolute Gasteiger partial charge is 0.444 e.